The van der Waals surface area contributed by atoms with Crippen LogP contribution >= 0.6 is 0 Å². The van der Waals surface area contributed by atoms with E-state index in [0.29, 0.717) is 35.1 Å². The molecule has 0 unspecified atom stereocenters. The van der Waals surface area contributed by atoms with Gasteiger partial charge in [-0.05, 0) is 18.2 Å². The minimum Gasteiger partial charge on any atom is -0.495 e. The highest BCUT2D eigenvalue weighted by Crippen LogP contribution is 2.26. The zero-order chi connectivity index (χ0) is 19.9. The van der Waals surface area contributed by atoms with Crippen LogP contribution in [0.1, 0.15) is 22.7 Å². The quantitative estimate of drug-likeness (QED) is 0.657. The highest BCUT2D eigenvalue weighted by molar-refractivity contribution is 5.98. The lowest BCUT2D eigenvalue weighted by Crippen LogP contribution is -2.19. The molecular formula is C21H21N3O4. The molecule has 1 heterocycles. The van der Waals surface area contributed by atoms with Crippen LogP contribution in [0.15, 0.2) is 59.1 Å². The largest absolute Gasteiger partial charge is 0.495 e. The standard InChI is InChI=1S/C21H21N3O4/c1-22-21(26)15-8-9-17(27-2)16(12-15)24-19(25)10-11-20-23-13-18(28-20)14-6-4-3-5-7-14/h3-9,12-13H,10-11H2,1-2H3,(H,22,26)(H,24,25). The maximum Gasteiger partial charge on any atom is 0.251 e. The number of hydrogen-bond donors (Lipinski definition) is 2. The number of nitrogens with one attached hydrogen (secondary N) is 2. The first kappa shape index (κ1) is 19.2. The zero-order valence-corrected chi connectivity index (χ0v) is 15.7. The van der Waals surface area contributed by atoms with Crippen molar-refractivity contribution >= 4 is 17.5 Å². The fourth-order valence-corrected chi connectivity index (χ4v) is 2.69. The summed E-state index contributed by atoms with van der Waals surface area (Å²) in [5.41, 5.74) is 1.80. The van der Waals surface area contributed by atoms with Crippen molar-refractivity contribution < 1.29 is 18.7 Å². The monoisotopic (exact) mass is 379 g/mol. The fraction of sp³-hybridized carbons (Fsp3) is 0.190. The number of aromatic nitrogens is 1. The Hall–Kier alpha value is -3.61. The SMILES string of the molecule is CNC(=O)c1ccc(OC)c(NC(=O)CCc2ncc(-c3ccccc3)o2)c1. The molecule has 0 saturated heterocycles. The molecule has 0 fully saturated rings. The molecule has 0 bridgehead atoms. The highest BCUT2D eigenvalue weighted by Gasteiger charge is 2.13. The summed E-state index contributed by atoms with van der Waals surface area (Å²) >= 11 is 0. The lowest BCUT2D eigenvalue weighted by Gasteiger charge is -2.11. The molecule has 0 spiro atoms. The maximum absolute atomic E-state index is 12.3. The van der Waals surface area contributed by atoms with Gasteiger partial charge in [0.05, 0.1) is 19.0 Å². The third-order valence-electron chi connectivity index (χ3n) is 4.14. The summed E-state index contributed by atoms with van der Waals surface area (Å²) in [4.78, 5) is 28.4. The van der Waals surface area contributed by atoms with Crippen molar-refractivity contribution in [2.75, 3.05) is 19.5 Å². The van der Waals surface area contributed by atoms with Crippen LogP contribution in [0.4, 0.5) is 5.69 Å². The van der Waals surface area contributed by atoms with E-state index in [1.54, 1.807) is 31.4 Å². The summed E-state index contributed by atoms with van der Waals surface area (Å²) in [7, 11) is 3.05. The Morgan fingerprint density at radius 3 is 2.64 bits per heavy atom. The van der Waals surface area contributed by atoms with Gasteiger partial charge in [-0.1, -0.05) is 30.3 Å². The second-order valence-corrected chi connectivity index (χ2v) is 6.03. The average molecular weight is 379 g/mol. The molecule has 2 aromatic carbocycles. The van der Waals surface area contributed by atoms with Gasteiger partial charge in [-0.25, -0.2) is 4.98 Å². The lowest BCUT2D eigenvalue weighted by molar-refractivity contribution is -0.116. The Bertz CT molecular complexity index is 967. The number of methoxy groups -OCH3 is 1. The third-order valence-corrected chi connectivity index (χ3v) is 4.14. The van der Waals surface area contributed by atoms with Gasteiger partial charge in [-0.15, -0.1) is 0 Å². The number of aryl methyl sites for hydroxylation is 1. The molecule has 2 N–H and O–H groups in total. The van der Waals surface area contributed by atoms with Crippen LogP contribution in [0.25, 0.3) is 11.3 Å². The third kappa shape index (κ3) is 4.56. The molecule has 0 aliphatic heterocycles. The van der Waals surface area contributed by atoms with Crippen molar-refractivity contribution in [3.05, 3.63) is 66.2 Å². The Kier molecular flexibility index (Phi) is 6.06. The average Bonchev–Trinajstić information content (AvgIpc) is 3.21. The van der Waals surface area contributed by atoms with Crippen LogP contribution in [-0.4, -0.2) is 31.0 Å². The number of nitrogens with zero attached hydrogens (tertiary/aromatic N) is 1. The first-order valence-corrected chi connectivity index (χ1v) is 8.81. The number of carbonyl (C=O) groups excluding carboxylic acids is 2. The van der Waals surface area contributed by atoms with Gasteiger partial charge in [-0.3, -0.25) is 9.59 Å². The molecule has 0 radical (unpaired) electrons. The van der Waals surface area contributed by atoms with Crippen LogP contribution in [0.2, 0.25) is 0 Å². The number of rotatable bonds is 7. The Balaban J connectivity index is 1.63. The molecular weight excluding hydrogens is 358 g/mol. The van der Waals surface area contributed by atoms with Gasteiger partial charge in [0.2, 0.25) is 5.91 Å². The van der Waals surface area contributed by atoms with Crippen molar-refractivity contribution in [1.82, 2.24) is 10.3 Å². The maximum atomic E-state index is 12.3. The molecule has 0 aliphatic carbocycles. The van der Waals surface area contributed by atoms with Crippen molar-refractivity contribution in [3.63, 3.8) is 0 Å². The first-order chi connectivity index (χ1) is 13.6. The van der Waals surface area contributed by atoms with Crippen LogP contribution in [0.3, 0.4) is 0 Å². The molecule has 0 atom stereocenters. The van der Waals surface area contributed by atoms with Crippen LogP contribution < -0.4 is 15.4 Å². The number of anilines is 1. The summed E-state index contributed by atoms with van der Waals surface area (Å²) in [6.07, 6.45) is 2.19. The van der Waals surface area contributed by atoms with E-state index >= 15 is 0 Å². The molecule has 2 amide bonds. The number of hydrogen-bond acceptors (Lipinski definition) is 5. The number of carbonyl (C=O) groups is 2. The topological polar surface area (TPSA) is 93.5 Å². The van der Waals surface area contributed by atoms with Crippen LogP contribution in [0.5, 0.6) is 5.75 Å². The van der Waals surface area contributed by atoms with Gasteiger partial charge in [0.1, 0.15) is 5.75 Å². The van der Waals surface area contributed by atoms with Gasteiger partial charge < -0.3 is 19.8 Å². The van der Waals surface area contributed by atoms with Gasteiger partial charge in [0, 0.05) is 31.0 Å². The van der Waals surface area contributed by atoms with E-state index in [1.165, 1.54) is 7.11 Å². The molecule has 28 heavy (non-hydrogen) atoms. The first-order valence-electron chi connectivity index (χ1n) is 8.81. The minimum absolute atomic E-state index is 0.183. The molecule has 3 rings (SSSR count). The van der Waals surface area contributed by atoms with E-state index in [9.17, 15) is 9.59 Å². The van der Waals surface area contributed by atoms with Crippen LogP contribution in [-0.2, 0) is 11.2 Å². The van der Waals surface area contributed by atoms with E-state index < -0.39 is 0 Å². The van der Waals surface area contributed by atoms with E-state index in [-0.39, 0.29) is 18.2 Å². The van der Waals surface area contributed by atoms with Gasteiger partial charge >= 0.3 is 0 Å². The second-order valence-electron chi connectivity index (χ2n) is 6.03. The number of oxazole rings is 1. The highest BCUT2D eigenvalue weighted by atomic mass is 16.5. The Labute approximate surface area is 162 Å². The minimum atomic E-state index is -0.244. The van der Waals surface area contributed by atoms with E-state index in [0.717, 1.165) is 5.56 Å². The molecule has 1 aromatic heterocycles. The van der Waals surface area contributed by atoms with Crippen molar-refractivity contribution in [3.8, 4) is 17.1 Å². The summed E-state index contributed by atoms with van der Waals surface area (Å²) in [6.45, 7) is 0. The van der Waals surface area contributed by atoms with E-state index in [1.807, 2.05) is 30.3 Å². The van der Waals surface area contributed by atoms with Crippen molar-refractivity contribution in [2.45, 2.75) is 12.8 Å². The van der Waals surface area contributed by atoms with Gasteiger partial charge in [-0.2, -0.15) is 0 Å². The number of ether oxygens (including phenoxy) is 1. The van der Waals surface area contributed by atoms with Crippen molar-refractivity contribution in [1.29, 1.82) is 0 Å². The molecule has 144 valence electrons. The fourth-order valence-electron chi connectivity index (χ4n) is 2.69. The van der Waals surface area contributed by atoms with Gasteiger partial charge in [0.15, 0.2) is 11.7 Å². The molecule has 7 nitrogen and oxygen atoms in total. The van der Waals surface area contributed by atoms with Crippen molar-refractivity contribution in [2.24, 2.45) is 0 Å². The van der Waals surface area contributed by atoms with Crippen LogP contribution in [0, 0.1) is 0 Å². The molecule has 0 aliphatic rings. The Morgan fingerprint density at radius 2 is 1.93 bits per heavy atom. The van der Waals surface area contributed by atoms with Gasteiger partial charge in [0.25, 0.3) is 5.91 Å². The zero-order valence-electron chi connectivity index (χ0n) is 15.7. The second kappa shape index (κ2) is 8.85. The summed E-state index contributed by atoms with van der Waals surface area (Å²) in [5.74, 6) is 1.15. The lowest BCUT2D eigenvalue weighted by atomic mass is 10.1. The van der Waals surface area contributed by atoms with E-state index in [4.69, 9.17) is 9.15 Å². The number of benzene rings is 2. The molecule has 7 heteroatoms. The summed E-state index contributed by atoms with van der Waals surface area (Å²) < 4.78 is 11.0. The molecule has 3 aromatic rings. The number of amides is 2. The normalized spacial score (nSPS) is 10.4. The predicted octanol–water partition coefficient (Wildman–Crippen LogP) is 3.28. The predicted molar refractivity (Wildman–Crippen MR) is 105 cm³/mol. The smallest absolute Gasteiger partial charge is 0.251 e. The summed E-state index contributed by atoms with van der Waals surface area (Å²) in [5, 5.41) is 5.32. The Morgan fingerprint density at radius 1 is 1.14 bits per heavy atom. The van der Waals surface area contributed by atoms with E-state index in [2.05, 4.69) is 15.6 Å². The summed E-state index contributed by atoms with van der Waals surface area (Å²) in [6, 6.07) is 14.5. The molecule has 0 saturated carbocycles.